The molecular formula is C14H13IN2O2S. The predicted molar refractivity (Wildman–Crippen MR) is 89.6 cm³/mol. The molecule has 0 aliphatic carbocycles. The van der Waals surface area contributed by atoms with Gasteiger partial charge >= 0.3 is 0 Å². The molecule has 1 aromatic heterocycles. The van der Waals surface area contributed by atoms with Gasteiger partial charge in [-0.25, -0.2) is 0 Å². The number of thiophene rings is 1. The summed E-state index contributed by atoms with van der Waals surface area (Å²) in [6.07, 6.45) is 1.05. The zero-order valence-electron chi connectivity index (χ0n) is 10.9. The number of anilines is 1. The van der Waals surface area contributed by atoms with Crippen LogP contribution < -0.4 is 4.90 Å². The van der Waals surface area contributed by atoms with Crippen LogP contribution in [0.2, 0.25) is 0 Å². The van der Waals surface area contributed by atoms with Crippen molar-refractivity contribution in [3.63, 3.8) is 0 Å². The van der Waals surface area contributed by atoms with Gasteiger partial charge in [-0.15, -0.1) is 11.3 Å². The van der Waals surface area contributed by atoms with Gasteiger partial charge in [0.05, 0.1) is 14.5 Å². The Morgan fingerprint density at radius 1 is 1.45 bits per heavy atom. The van der Waals surface area contributed by atoms with Crippen LogP contribution in [0, 0.1) is 13.7 Å². The minimum absolute atomic E-state index is 0.176. The molecule has 20 heavy (non-hydrogen) atoms. The summed E-state index contributed by atoms with van der Waals surface area (Å²) in [6.45, 7) is 3.15. The quantitative estimate of drug-likeness (QED) is 0.427. The lowest BCUT2D eigenvalue weighted by Crippen LogP contribution is -2.33. The lowest BCUT2D eigenvalue weighted by Gasteiger charge is -2.35. The highest BCUT2D eigenvalue weighted by Gasteiger charge is 2.25. The van der Waals surface area contributed by atoms with E-state index >= 15 is 0 Å². The van der Waals surface area contributed by atoms with Crippen molar-refractivity contribution in [2.24, 2.45) is 0 Å². The normalized spacial score (nSPS) is 17.9. The molecule has 0 fully saturated rings. The molecule has 0 amide bonds. The monoisotopic (exact) mass is 400 g/mol. The molecule has 2 heterocycles. The summed E-state index contributed by atoms with van der Waals surface area (Å²) in [5, 5.41) is 13.0. The van der Waals surface area contributed by atoms with Gasteiger partial charge in [0.15, 0.2) is 0 Å². The van der Waals surface area contributed by atoms with Crippen molar-refractivity contribution in [2.75, 3.05) is 11.4 Å². The maximum Gasteiger partial charge on any atom is 0.282 e. The largest absolute Gasteiger partial charge is 0.364 e. The summed E-state index contributed by atoms with van der Waals surface area (Å²) in [4.78, 5) is 14.3. The Morgan fingerprint density at radius 3 is 2.95 bits per heavy atom. The zero-order valence-corrected chi connectivity index (χ0v) is 13.8. The molecule has 104 valence electrons. The van der Waals surface area contributed by atoms with E-state index in [4.69, 9.17) is 0 Å². The van der Waals surface area contributed by atoms with Crippen molar-refractivity contribution >= 4 is 45.3 Å². The number of nitrogens with zero attached hydrogens (tertiary/aromatic N) is 2. The highest BCUT2D eigenvalue weighted by molar-refractivity contribution is 14.1. The molecule has 0 radical (unpaired) electrons. The average Bonchev–Trinajstić information content (AvgIpc) is 2.87. The summed E-state index contributed by atoms with van der Waals surface area (Å²) < 4.78 is 0.688. The number of fused-ring (bicyclic) bond motifs is 1. The molecule has 1 aliphatic rings. The molecule has 6 heteroatoms. The number of benzene rings is 1. The van der Waals surface area contributed by atoms with Gasteiger partial charge in [0.25, 0.3) is 5.69 Å². The van der Waals surface area contributed by atoms with Gasteiger partial charge < -0.3 is 4.90 Å². The van der Waals surface area contributed by atoms with Gasteiger partial charge in [0.1, 0.15) is 0 Å². The van der Waals surface area contributed by atoms with E-state index in [1.165, 1.54) is 10.4 Å². The summed E-state index contributed by atoms with van der Waals surface area (Å²) in [5.74, 6) is 0. The van der Waals surface area contributed by atoms with Gasteiger partial charge in [0.2, 0.25) is 0 Å². The highest BCUT2D eigenvalue weighted by Crippen LogP contribution is 2.37. The molecule has 3 rings (SSSR count). The van der Waals surface area contributed by atoms with Gasteiger partial charge in [-0.3, -0.25) is 10.1 Å². The molecule has 0 saturated carbocycles. The van der Waals surface area contributed by atoms with E-state index < -0.39 is 0 Å². The Kier molecular flexibility index (Phi) is 3.68. The fourth-order valence-electron chi connectivity index (χ4n) is 2.68. The predicted octanol–water partition coefficient (Wildman–Crippen LogP) is 4.38. The Labute approximate surface area is 134 Å². The van der Waals surface area contributed by atoms with E-state index in [2.05, 4.69) is 23.3 Å². The van der Waals surface area contributed by atoms with Crippen LogP contribution >= 0.6 is 33.9 Å². The summed E-state index contributed by atoms with van der Waals surface area (Å²) >= 11 is 3.86. The number of nitro benzene ring substituents is 1. The lowest BCUT2D eigenvalue weighted by molar-refractivity contribution is -0.385. The smallest absolute Gasteiger partial charge is 0.282 e. The standard InChI is InChI=1S/C14H13IN2O2S/c1-9-11-5-7-20-14(11)4-6-16(9)10-2-3-13(17(18)19)12(15)8-10/h2-3,5,7-9H,4,6H2,1H3. The Bertz CT molecular complexity index is 671. The second-order valence-corrected chi connectivity index (χ2v) is 6.97. The van der Waals surface area contributed by atoms with Gasteiger partial charge in [-0.1, -0.05) is 0 Å². The van der Waals surface area contributed by atoms with Crippen LogP contribution in [0.5, 0.6) is 0 Å². The van der Waals surface area contributed by atoms with E-state index in [1.54, 1.807) is 6.07 Å². The first kappa shape index (κ1) is 13.8. The van der Waals surface area contributed by atoms with E-state index in [9.17, 15) is 10.1 Å². The fourth-order valence-corrected chi connectivity index (χ4v) is 4.34. The number of nitro groups is 1. The van der Waals surface area contributed by atoms with Crippen LogP contribution in [-0.2, 0) is 6.42 Å². The number of hydrogen-bond acceptors (Lipinski definition) is 4. The molecule has 1 aromatic carbocycles. The molecule has 4 nitrogen and oxygen atoms in total. The van der Waals surface area contributed by atoms with E-state index in [0.717, 1.165) is 18.7 Å². The number of halogens is 1. The van der Waals surface area contributed by atoms with Gasteiger partial charge in [-0.2, -0.15) is 0 Å². The van der Waals surface area contributed by atoms with Crippen molar-refractivity contribution in [3.05, 3.63) is 53.8 Å². The maximum absolute atomic E-state index is 10.9. The molecule has 0 saturated heterocycles. The molecule has 1 aliphatic heterocycles. The first-order valence-electron chi connectivity index (χ1n) is 6.35. The van der Waals surface area contributed by atoms with Crippen LogP contribution in [0.3, 0.4) is 0 Å². The van der Waals surface area contributed by atoms with Gasteiger partial charge in [0, 0.05) is 23.2 Å². The molecule has 0 spiro atoms. The molecule has 0 bridgehead atoms. The number of rotatable bonds is 2. The van der Waals surface area contributed by atoms with Crippen LogP contribution in [0.1, 0.15) is 23.4 Å². The Balaban J connectivity index is 1.95. The van der Waals surface area contributed by atoms with E-state index in [0.29, 0.717) is 9.61 Å². The lowest BCUT2D eigenvalue weighted by atomic mass is 10.0. The van der Waals surface area contributed by atoms with Crippen molar-refractivity contribution in [1.29, 1.82) is 0 Å². The topological polar surface area (TPSA) is 46.4 Å². The van der Waals surface area contributed by atoms with E-state index in [-0.39, 0.29) is 10.6 Å². The van der Waals surface area contributed by atoms with Crippen LogP contribution in [0.4, 0.5) is 11.4 Å². The third kappa shape index (κ3) is 2.31. The molecule has 0 N–H and O–H groups in total. The summed E-state index contributed by atoms with van der Waals surface area (Å²) in [5.41, 5.74) is 2.62. The highest BCUT2D eigenvalue weighted by atomic mass is 127. The van der Waals surface area contributed by atoms with Crippen LogP contribution in [0.25, 0.3) is 0 Å². The van der Waals surface area contributed by atoms with Crippen LogP contribution in [0.15, 0.2) is 29.6 Å². The SMILES string of the molecule is CC1c2ccsc2CCN1c1ccc([N+](=O)[O-])c(I)c1. The van der Waals surface area contributed by atoms with Crippen molar-refractivity contribution < 1.29 is 4.92 Å². The Hall–Kier alpha value is -1.15. The zero-order chi connectivity index (χ0) is 14.3. The summed E-state index contributed by atoms with van der Waals surface area (Å²) in [6, 6.07) is 7.88. The molecular weight excluding hydrogens is 387 g/mol. The minimum atomic E-state index is -0.331. The van der Waals surface area contributed by atoms with Crippen LogP contribution in [-0.4, -0.2) is 11.5 Å². The first-order chi connectivity index (χ1) is 9.58. The average molecular weight is 400 g/mol. The second kappa shape index (κ2) is 5.33. The molecule has 2 aromatic rings. The molecule has 1 atom stereocenters. The van der Waals surface area contributed by atoms with Crippen molar-refractivity contribution in [3.8, 4) is 0 Å². The maximum atomic E-state index is 10.9. The fraction of sp³-hybridized carbons (Fsp3) is 0.286. The van der Waals surface area contributed by atoms with Gasteiger partial charge in [-0.05, 0) is 65.1 Å². The third-order valence-corrected chi connectivity index (χ3v) is 5.60. The second-order valence-electron chi connectivity index (χ2n) is 4.81. The van der Waals surface area contributed by atoms with E-state index in [1.807, 2.05) is 46.1 Å². The summed E-state index contributed by atoms with van der Waals surface area (Å²) in [7, 11) is 0. The number of hydrogen-bond donors (Lipinski definition) is 0. The van der Waals surface area contributed by atoms with Crippen molar-refractivity contribution in [1.82, 2.24) is 0 Å². The third-order valence-electron chi connectivity index (χ3n) is 3.74. The Morgan fingerprint density at radius 2 is 2.25 bits per heavy atom. The minimum Gasteiger partial charge on any atom is -0.364 e. The van der Waals surface area contributed by atoms with Crippen molar-refractivity contribution in [2.45, 2.75) is 19.4 Å². The molecule has 1 unspecified atom stereocenters. The first-order valence-corrected chi connectivity index (χ1v) is 8.30.